The molecule has 0 fully saturated rings. The monoisotopic (exact) mass is 245 g/mol. The van der Waals surface area contributed by atoms with Crippen LogP contribution in [0.1, 0.15) is 12.5 Å². The molecule has 94 valence electrons. The maximum atomic E-state index is 13.6. The first-order chi connectivity index (χ1) is 7.75. The Hall–Kier alpha value is -1.69. The third-order valence-corrected chi connectivity index (χ3v) is 2.76. The summed E-state index contributed by atoms with van der Waals surface area (Å²) in [5, 5.41) is 18.3. The van der Waals surface area contributed by atoms with E-state index >= 15 is 0 Å². The molecule has 0 saturated heterocycles. The van der Waals surface area contributed by atoms with Crippen LogP contribution in [0.5, 0.6) is 5.75 Å². The van der Waals surface area contributed by atoms with Crippen molar-refractivity contribution in [1.29, 1.82) is 0 Å². The minimum atomic E-state index is -3.55. The van der Waals surface area contributed by atoms with Crippen LogP contribution in [0.2, 0.25) is 0 Å². The van der Waals surface area contributed by atoms with Crippen molar-refractivity contribution in [3.8, 4) is 5.75 Å². The fraction of sp³-hybridized carbons (Fsp3) is 0.364. The molecular weight excluding hydrogens is 232 g/mol. The first kappa shape index (κ1) is 13.4. The average molecular weight is 245 g/mol. The van der Waals surface area contributed by atoms with Gasteiger partial charge in [-0.05, 0) is 17.7 Å². The van der Waals surface area contributed by atoms with Crippen LogP contribution in [0.3, 0.4) is 0 Å². The third kappa shape index (κ3) is 2.08. The zero-order valence-electron chi connectivity index (χ0n) is 9.15. The van der Waals surface area contributed by atoms with Crippen LogP contribution < -0.4 is 5.73 Å². The number of nitrogens with two attached hydrogens (primary N) is 1. The van der Waals surface area contributed by atoms with Crippen LogP contribution in [-0.4, -0.2) is 28.6 Å². The smallest absolute Gasteiger partial charge is 0.321 e. The lowest BCUT2D eigenvalue weighted by molar-refractivity contribution is -0.159. The fourth-order valence-electron chi connectivity index (χ4n) is 1.72. The number of aromatic hydroxyl groups is 1. The number of halogens is 2. The van der Waals surface area contributed by atoms with E-state index in [1.807, 2.05) is 0 Å². The van der Waals surface area contributed by atoms with E-state index in [1.54, 1.807) is 0 Å². The van der Waals surface area contributed by atoms with E-state index in [4.69, 9.17) is 10.8 Å². The Morgan fingerprint density at radius 3 is 2.41 bits per heavy atom. The van der Waals surface area contributed by atoms with Gasteiger partial charge in [-0.3, -0.25) is 4.79 Å². The molecule has 0 heterocycles. The summed E-state index contributed by atoms with van der Waals surface area (Å²) in [6.07, 6.45) is 0. The highest BCUT2D eigenvalue weighted by Crippen LogP contribution is 2.40. The number of alkyl halides is 2. The highest BCUT2D eigenvalue weighted by molar-refractivity contribution is 5.83. The van der Waals surface area contributed by atoms with Gasteiger partial charge in [0.05, 0.1) is 0 Å². The van der Waals surface area contributed by atoms with Gasteiger partial charge in [-0.1, -0.05) is 12.1 Å². The molecule has 0 spiro atoms. The van der Waals surface area contributed by atoms with Gasteiger partial charge in [-0.2, -0.15) is 0 Å². The van der Waals surface area contributed by atoms with E-state index in [0.29, 0.717) is 6.92 Å². The van der Waals surface area contributed by atoms with Gasteiger partial charge in [0.1, 0.15) is 5.75 Å². The number of carboxylic acids is 1. The third-order valence-electron chi connectivity index (χ3n) is 2.76. The van der Waals surface area contributed by atoms with E-state index in [0.717, 1.165) is 6.07 Å². The number of phenols is 1. The molecule has 6 heteroatoms. The number of carbonyl (C=O) groups is 1. The molecule has 0 aliphatic rings. The second kappa shape index (κ2) is 4.29. The van der Waals surface area contributed by atoms with Crippen LogP contribution in [0.4, 0.5) is 8.78 Å². The molecule has 1 unspecified atom stereocenters. The Balaban J connectivity index is 3.49. The number of benzene rings is 1. The van der Waals surface area contributed by atoms with Crippen LogP contribution in [0.25, 0.3) is 0 Å². The molecule has 1 aromatic rings. The predicted octanol–water partition coefficient (Wildman–Crippen LogP) is 1.33. The van der Waals surface area contributed by atoms with Crippen molar-refractivity contribution in [3.63, 3.8) is 0 Å². The summed E-state index contributed by atoms with van der Waals surface area (Å²) in [4.78, 5) is 11.2. The van der Waals surface area contributed by atoms with E-state index in [-0.39, 0.29) is 11.3 Å². The highest BCUT2D eigenvalue weighted by Gasteiger charge is 2.56. The summed E-state index contributed by atoms with van der Waals surface area (Å²) in [6.45, 7) is -0.271. The molecule has 0 amide bonds. The van der Waals surface area contributed by atoms with Gasteiger partial charge >= 0.3 is 5.97 Å². The Morgan fingerprint density at radius 2 is 2.06 bits per heavy atom. The van der Waals surface area contributed by atoms with Gasteiger partial charge in [-0.25, -0.2) is 8.78 Å². The summed E-state index contributed by atoms with van der Waals surface area (Å²) in [5.74, 6) is -5.56. The van der Waals surface area contributed by atoms with Crippen LogP contribution in [0.15, 0.2) is 24.3 Å². The largest absolute Gasteiger partial charge is 0.508 e. The van der Waals surface area contributed by atoms with E-state index in [9.17, 15) is 18.7 Å². The first-order valence-corrected chi connectivity index (χ1v) is 4.86. The molecule has 0 aliphatic heterocycles. The summed E-state index contributed by atoms with van der Waals surface area (Å²) >= 11 is 0. The van der Waals surface area contributed by atoms with Gasteiger partial charge in [0.15, 0.2) is 5.41 Å². The SMILES string of the molecule is CC(F)(F)C(CN)(C(=O)O)c1cccc(O)c1. The zero-order chi connectivity index (χ0) is 13.3. The number of rotatable bonds is 4. The minimum absolute atomic E-state index is 0.222. The number of phenolic OH excluding ortho intramolecular Hbond substituents is 1. The van der Waals surface area contributed by atoms with E-state index < -0.39 is 23.9 Å². The Morgan fingerprint density at radius 1 is 1.47 bits per heavy atom. The number of hydrogen-bond acceptors (Lipinski definition) is 3. The minimum Gasteiger partial charge on any atom is -0.508 e. The summed E-state index contributed by atoms with van der Waals surface area (Å²) < 4.78 is 27.1. The Bertz CT molecular complexity index is 431. The lowest BCUT2D eigenvalue weighted by Gasteiger charge is -2.34. The summed E-state index contributed by atoms with van der Waals surface area (Å²) in [7, 11) is 0. The summed E-state index contributed by atoms with van der Waals surface area (Å²) in [6, 6.07) is 4.75. The molecule has 0 bridgehead atoms. The molecule has 1 aromatic carbocycles. The molecule has 0 saturated carbocycles. The van der Waals surface area contributed by atoms with E-state index in [2.05, 4.69) is 0 Å². The Labute approximate surface area is 96.7 Å². The molecule has 4 nitrogen and oxygen atoms in total. The van der Waals surface area contributed by atoms with Crippen LogP contribution in [-0.2, 0) is 10.2 Å². The molecule has 4 N–H and O–H groups in total. The number of hydrogen-bond donors (Lipinski definition) is 3. The number of aliphatic carboxylic acids is 1. The quantitative estimate of drug-likeness (QED) is 0.747. The summed E-state index contributed by atoms with van der Waals surface area (Å²) in [5.41, 5.74) is 2.48. The van der Waals surface area contributed by atoms with Gasteiger partial charge in [0.25, 0.3) is 5.92 Å². The van der Waals surface area contributed by atoms with Crippen molar-refractivity contribution in [2.45, 2.75) is 18.3 Å². The second-order valence-corrected chi connectivity index (χ2v) is 3.85. The molecule has 0 aromatic heterocycles. The van der Waals surface area contributed by atoms with Crippen LogP contribution in [0, 0.1) is 0 Å². The lowest BCUT2D eigenvalue weighted by Crippen LogP contribution is -2.55. The van der Waals surface area contributed by atoms with Crippen molar-refractivity contribution in [2.24, 2.45) is 5.73 Å². The van der Waals surface area contributed by atoms with E-state index in [1.165, 1.54) is 18.2 Å². The van der Waals surface area contributed by atoms with Crippen molar-refractivity contribution in [2.75, 3.05) is 6.54 Å². The molecule has 0 radical (unpaired) electrons. The lowest BCUT2D eigenvalue weighted by atomic mass is 9.75. The first-order valence-electron chi connectivity index (χ1n) is 4.86. The van der Waals surface area contributed by atoms with Crippen molar-refractivity contribution in [1.82, 2.24) is 0 Å². The maximum Gasteiger partial charge on any atom is 0.321 e. The molecular formula is C11H13F2NO3. The van der Waals surface area contributed by atoms with Gasteiger partial charge < -0.3 is 15.9 Å². The Kier molecular flexibility index (Phi) is 3.38. The molecule has 1 atom stereocenters. The van der Waals surface area contributed by atoms with Crippen molar-refractivity contribution >= 4 is 5.97 Å². The molecule has 0 aliphatic carbocycles. The standard InChI is InChI=1S/C11H13F2NO3/c1-10(12,13)11(6-14,9(16)17)7-3-2-4-8(15)5-7/h2-5,15H,6,14H2,1H3,(H,16,17). The predicted molar refractivity (Wildman–Crippen MR) is 57.1 cm³/mol. The van der Waals surface area contributed by atoms with Gasteiger partial charge in [-0.15, -0.1) is 0 Å². The average Bonchev–Trinajstić information content (AvgIpc) is 2.16. The van der Waals surface area contributed by atoms with Crippen molar-refractivity contribution in [3.05, 3.63) is 29.8 Å². The van der Waals surface area contributed by atoms with Crippen molar-refractivity contribution < 1.29 is 23.8 Å². The normalized spacial score (nSPS) is 15.3. The maximum absolute atomic E-state index is 13.6. The zero-order valence-corrected chi connectivity index (χ0v) is 9.15. The van der Waals surface area contributed by atoms with Gasteiger partial charge in [0, 0.05) is 13.5 Å². The molecule has 17 heavy (non-hydrogen) atoms. The second-order valence-electron chi connectivity index (χ2n) is 3.85. The topological polar surface area (TPSA) is 83.6 Å². The van der Waals surface area contributed by atoms with Gasteiger partial charge in [0.2, 0.25) is 0 Å². The molecule has 1 rings (SSSR count). The highest BCUT2D eigenvalue weighted by atomic mass is 19.3. The number of carboxylic acid groups (broad SMARTS) is 1. The van der Waals surface area contributed by atoms with Crippen LogP contribution >= 0.6 is 0 Å². The fourth-order valence-corrected chi connectivity index (χ4v) is 1.72.